The molecule has 0 spiro atoms. The molecule has 5 aromatic rings. The third-order valence-electron chi connectivity index (χ3n) is 6.15. The SMILES string of the molecule is C=CC(n1ccc2c(-c3ccc(OC)c(OC)c3)cccc21)S(=O)(=O)c1cccc2cccnc12. The van der Waals surface area contributed by atoms with Crippen molar-refractivity contribution in [2.45, 2.75) is 10.3 Å². The molecule has 7 heteroatoms. The van der Waals surface area contributed by atoms with Crippen molar-refractivity contribution in [3.63, 3.8) is 0 Å². The molecule has 3 aromatic carbocycles. The van der Waals surface area contributed by atoms with Gasteiger partial charge in [-0.3, -0.25) is 4.98 Å². The Bertz CT molecular complexity index is 1670. The third kappa shape index (κ3) is 3.74. The standard InChI is InChI=1S/C28H24N2O4S/c1-4-27(35(31,32)26-12-5-8-19-9-7-16-29-28(19)26)30-17-15-22-21(10-6-11-23(22)30)20-13-14-24(33-2)25(18-20)34-3/h4-18,27H,1H2,2-3H3. The van der Waals surface area contributed by atoms with Crippen LogP contribution in [0.25, 0.3) is 32.9 Å². The molecule has 2 heterocycles. The summed E-state index contributed by atoms with van der Waals surface area (Å²) in [6.07, 6.45) is 4.85. The summed E-state index contributed by atoms with van der Waals surface area (Å²) >= 11 is 0. The van der Waals surface area contributed by atoms with E-state index in [9.17, 15) is 8.42 Å². The van der Waals surface area contributed by atoms with Gasteiger partial charge in [-0.05, 0) is 47.5 Å². The van der Waals surface area contributed by atoms with Crippen LogP contribution < -0.4 is 9.47 Å². The highest BCUT2D eigenvalue weighted by molar-refractivity contribution is 7.91. The zero-order chi connectivity index (χ0) is 24.6. The topological polar surface area (TPSA) is 70.4 Å². The second kappa shape index (κ2) is 8.92. The lowest BCUT2D eigenvalue weighted by molar-refractivity contribution is 0.355. The Kier molecular flexibility index (Phi) is 5.78. The van der Waals surface area contributed by atoms with Gasteiger partial charge in [-0.25, -0.2) is 8.42 Å². The number of ether oxygens (including phenoxy) is 2. The van der Waals surface area contributed by atoms with Crippen LogP contribution in [0.3, 0.4) is 0 Å². The number of nitrogens with zero attached hydrogens (tertiary/aromatic N) is 2. The highest BCUT2D eigenvalue weighted by Gasteiger charge is 2.29. The molecule has 0 aliphatic carbocycles. The second-order valence-electron chi connectivity index (χ2n) is 8.03. The zero-order valence-corrected chi connectivity index (χ0v) is 20.2. The van der Waals surface area contributed by atoms with Gasteiger partial charge in [-0.2, -0.15) is 0 Å². The molecule has 176 valence electrons. The van der Waals surface area contributed by atoms with Crippen LogP contribution in [0.4, 0.5) is 0 Å². The van der Waals surface area contributed by atoms with E-state index in [1.54, 1.807) is 49.4 Å². The van der Waals surface area contributed by atoms with E-state index in [0.717, 1.165) is 27.4 Å². The molecule has 0 amide bonds. The van der Waals surface area contributed by atoms with Crippen molar-refractivity contribution in [3.05, 3.63) is 97.8 Å². The van der Waals surface area contributed by atoms with Gasteiger partial charge in [0.25, 0.3) is 0 Å². The van der Waals surface area contributed by atoms with Crippen molar-refractivity contribution in [1.29, 1.82) is 0 Å². The van der Waals surface area contributed by atoms with Crippen molar-refractivity contribution >= 4 is 31.6 Å². The summed E-state index contributed by atoms with van der Waals surface area (Å²) in [6.45, 7) is 3.87. The maximum Gasteiger partial charge on any atom is 0.205 e. The molecule has 1 unspecified atom stereocenters. The summed E-state index contributed by atoms with van der Waals surface area (Å²) in [7, 11) is -0.649. The molecule has 5 rings (SSSR count). The van der Waals surface area contributed by atoms with Crippen molar-refractivity contribution in [1.82, 2.24) is 9.55 Å². The van der Waals surface area contributed by atoms with Gasteiger partial charge in [0.1, 0.15) is 0 Å². The largest absolute Gasteiger partial charge is 0.493 e. The van der Waals surface area contributed by atoms with E-state index in [0.29, 0.717) is 17.0 Å². The van der Waals surface area contributed by atoms with Gasteiger partial charge < -0.3 is 14.0 Å². The summed E-state index contributed by atoms with van der Waals surface area (Å²) in [4.78, 5) is 4.53. The molecular weight excluding hydrogens is 460 g/mol. The lowest BCUT2D eigenvalue weighted by Crippen LogP contribution is -2.18. The third-order valence-corrected chi connectivity index (χ3v) is 8.15. The van der Waals surface area contributed by atoms with Gasteiger partial charge in [0.15, 0.2) is 16.9 Å². The van der Waals surface area contributed by atoms with Gasteiger partial charge in [-0.1, -0.05) is 49.1 Å². The fourth-order valence-corrected chi connectivity index (χ4v) is 6.20. The molecule has 1 atom stereocenters. The summed E-state index contributed by atoms with van der Waals surface area (Å²) in [5.74, 6) is 1.26. The molecule has 0 aliphatic heterocycles. The quantitative estimate of drug-likeness (QED) is 0.264. The maximum atomic E-state index is 13.9. The maximum absolute atomic E-state index is 13.9. The monoisotopic (exact) mass is 484 g/mol. The molecule has 35 heavy (non-hydrogen) atoms. The Morgan fingerprint density at radius 1 is 0.943 bits per heavy atom. The van der Waals surface area contributed by atoms with E-state index in [1.807, 2.05) is 54.6 Å². The first-order chi connectivity index (χ1) is 17.0. The molecule has 0 radical (unpaired) electrons. The van der Waals surface area contributed by atoms with Crippen LogP contribution in [-0.4, -0.2) is 32.2 Å². The minimum absolute atomic E-state index is 0.179. The predicted molar refractivity (Wildman–Crippen MR) is 139 cm³/mol. The van der Waals surface area contributed by atoms with Crippen LogP contribution in [0.2, 0.25) is 0 Å². The molecule has 0 saturated carbocycles. The number of hydrogen-bond donors (Lipinski definition) is 0. The minimum atomic E-state index is -3.84. The van der Waals surface area contributed by atoms with Gasteiger partial charge >= 0.3 is 0 Å². The molecule has 6 nitrogen and oxygen atoms in total. The fraction of sp³-hybridized carbons (Fsp3) is 0.107. The van der Waals surface area contributed by atoms with Crippen LogP contribution in [0.15, 0.2) is 103 Å². The van der Waals surface area contributed by atoms with E-state index in [4.69, 9.17) is 9.47 Å². The number of benzene rings is 3. The Morgan fingerprint density at radius 3 is 2.49 bits per heavy atom. The van der Waals surface area contributed by atoms with Crippen LogP contribution in [0, 0.1) is 0 Å². The lowest BCUT2D eigenvalue weighted by atomic mass is 10.0. The molecule has 2 aromatic heterocycles. The molecule has 0 fully saturated rings. The Labute approximate surface area is 204 Å². The first-order valence-corrected chi connectivity index (χ1v) is 12.6. The van der Waals surface area contributed by atoms with E-state index in [2.05, 4.69) is 11.6 Å². The van der Waals surface area contributed by atoms with Gasteiger partial charge in [0.05, 0.1) is 30.1 Å². The van der Waals surface area contributed by atoms with Crippen molar-refractivity contribution in [2.75, 3.05) is 14.2 Å². The number of aromatic nitrogens is 2. The number of fused-ring (bicyclic) bond motifs is 2. The highest BCUT2D eigenvalue weighted by atomic mass is 32.2. The van der Waals surface area contributed by atoms with Gasteiger partial charge in [0.2, 0.25) is 9.84 Å². The predicted octanol–water partition coefficient (Wildman–Crippen LogP) is 6.03. The first-order valence-electron chi connectivity index (χ1n) is 11.0. The Balaban J connectivity index is 1.66. The second-order valence-corrected chi connectivity index (χ2v) is 10.0. The van der Waals surface area contributed by atoms with Gasteiger partial charge in [0, 0.05) is 23.2 Å². The van der Waals surface area contributed by atoms with Crippen LogP contribution in [0.1, 0.15) is 5.37 Å². The number of hydrogen-bond acceptors (Lipinski definition) is 5. The minimum Gasteiger partial charge on any atom is -0.493 e. The summed E-state index contributed by atoms with van der Waals surface area (Å²) in [6, 6.07) is 22.3. The normalized spacial score (nSPS) is 12.5. The molecule has 0 bridgehead atoms. The van der Waals surface area contributed by atoms with Crippen LogP contribution >= 0.6 is 0 Å². The van der Waals surface area contributed by atoms with Crippen molar-refractivity contribution < 1.29 is 17.9 Å². The fourth-order valence-electron chi connectivity index (χ4n) is 4.49. The van der Waals surface area contributed by atoms with Crippen LogP contribution in [-0.2, 0) is 9.84 Å². The van der Waals surface area contributed by atoms with Crippen LogP contribution in [0.5, 0.6) is 11.5 Å². The number of sulfone groups is 1. The number of para-hydroxylation sites is 1. The van der Waals surface area contributed by atoms with Gasteiger partial charge in [-0.15, -0.1) is 0 Å². The van der Waals surface area contributed by atoms with Crippen molar-refractivity contribution in [3.8, 4) is 22.6 Å². The lowest BCUT2D eigenvalue weighted by Gasteiger charge is -2.18. The zero-order valence-electron chi connectivity index (χ0n) is 19.4. The molecule has 0 N–H and O–H groups in total. The summed E-state index contributed by atoms with van der Waals surface area (Å²) in [5, 5.41) is 0.676. The van der Waals surface area contributed by atoms with Crippen molar-refractivity contribution in [2.24, 2.45) is 0 Å². The molecular formula is C28H24N2O4S. The first kappa shape index (κ1) is 22.7. The molecule has 0 saturated heterocycles. The highest BCUT2D eigenvalue weighted by Crippen LogP contribution is 2.38. The summed E-state index contributed by atoms with van der Waals surface area (Å²) in [5.41, 5.74) is 3.11. The molecule has 0 aliphatic rings. The van der Waals surface area contributed by atoms with E-state index >= 15 is 0 Å². The Morgan fingerprint density at radius 2 is 1.71 bits per heavy atom. The van der Waals surface area contributed by atoms with E-state index in [-0.39, 0.29) is 4.90 Å². The van der Waals surface area contributed by atoms with E-state index < -0.39 is 15.2 Å². The number of pyridine rings is 1. The Hall–Kier alpha value is -4.10. The smallest absolute Gasteiger partial charge is 0.205 e. The van der Waals surface area contributed by atoms with E-state index in [1.165, 1.54) is 6.08 Å². The number of rotatable bonds is 7. The average Bonchev–Trinajstić information content (AvgIpc) is 3.32. The average molecular weight is 485 g/mol. The summed E-state index contributed by atoms with van der Waals surface area (Å²) < 4.78 is 40.3. The number of methoxy groups -OCH3 is 2.